The van der Waals surface area contributed by atoms with Crippen molar-refractivity contribution in [3.05, 3.63) is 23.8 Å². The van der Waals surface area contributed by atoms with E-state index in [4.69, 9.17) is 0 Å². The van der Waals surface area contributed by atoms with Gasteiger partial charge in [-0.2, -0.15) is 4.31 Å². The van der Waals surface area contributed by atoms with Crippen LogP contribution in [-0.4, -0.2) is 62.8 Å². The lowest BCUT2D eigenvalue weighted by atomic mass is 10.1. The van der Waals surface area contributed by atoms with E-state index in [1.54, 1.807) is 10.4 Å². The second-order valence-corrected chi connectivity index (χ2v) is 10.5. The number of nitrogens with zero attached hydrogens (tertiary/aromatic N) is 3. The molecule has 29 heavy (non-hydrogen) atoms. The Labute approximate surface area is 174 Å². The van der Waals surface area contributed by atoms with Gasteiger partial charge in [-0.1, -0.05) is 6.42 Å². The molecule has 3 heterocycles. The number of benzene rings is 1. The van der Waals surface area contributed by atoms with Crippen LogP contribution >= 0.6 is 0 Å². The number of hydrogen-bond donors (Lipinski definition) is 0. The SMILES string of the molecule is O=C(c1ccc(N2CCCCC2)c(S(=O)(=O)N2CCCCC2)c1)N1CCCCC1. The van der Waals surface area contributed by atoms with E-state index in [2.05, 4.69) is 4.90 Å². The number of piperidine rings is 3. The van der Waals surface area contributed by atoms with Gasteiger partial charge in [0.05, 0.1) is 5.69 Å². The summed E-state index contributed by atoms with van der Waals surface area (Å²) in [5.74, 6) is -0.0370. The van der Waals surface area contributed by atoms with Crippen molar-refractivity contribution in [2.45, 2.75) is 62.7 Å². The third-order valence-corrected chi connectivity index (χ3v) is 8.41. The molecule has 0 bridgehead atoms. The van der Waals surface area contributed by atoms with E-state index in [1.165, 1.54) is 6.42 Å². The van der Waals surface area contributed by atoms with Crippen LogP contribution in [0.1, 0.15) is 68.1 Å². The van der Waals surface area contributed by atoms with Crippen LogP contribution in [0.5, 0.6) is 0 Å². The molecule has 1 aromatic carbocycles. The minimum atomic E-state index is -3.61. The predicted octanol–water partition coefficient (Wildman–Crippen LogP) is 3.48. The van der Waals surface area contributed by atoms with Gasteiger partial charge in [0, 0.05) is 44.8 Å². The second-order valence-electron chi connectivity index (χ2n) is 8.55. The summed E-state index contributed by atoms with van der Waals surface area (Å²) >= 11 is 0. The van der Waals surface area contributed by atoms with Gasteiger partial charge in [0.2, 0.25) is 10.0 Å². The lowest BCUT2D eigenvalue weighted by Crippen LogP contribution is -2.38. The summed E-state index contributed by atoms with van der Waals surface area (Å²) in [6, 6.07) is 5.36. The Balaban J connectivity index is 1.71. The molecular weight excluding hydrogens is 386 g/mol. The number of amides is 1. The van der Waals surface area contributed by atoms with Crippen LogP contribution in [0.25, 0.3) is 0 Å². The molecule has 3 saturated heterocycles. The third-order valence-electron chi connectivity index (χ3n) is 6.48. The molecule has 4 rings (SSSR count). The minimum absolute atomic E-state index is 0.0370. The standard InChI is InChI=1S/C22H33N3O3S/c26-22(24-14-6-2-7-15-24)19-10-11-20(23-12-4-1-5-13-23)21(18-19)29(27,28)25-16-8-3-9-17-25/h10-11,18H,1-9,12-17H2. The number of sulfonamides is 1. The maximum atomic E-state index is 13.6. The number of carbonyl (C=O) groups is 1. The van der Waals surface area contributed by atoms with Gasteiger partial charge in [0.1, 0.15) is 4.90 Å². The highest BCUT2D eigenvalue weighted by Crippen LogP contribution is 2.33. The fourth-order valence-electron chi connectivity index (χ4n) is 4.77. The highest BCUT2D eigenvalue weighted by molar-refractivity contribution is 7.89. The Hall–Kier alpha value is -1.60. The highest BCUT2D eigenvalue weighted by atomic mass is 32.2. The molecule has 3 aliphatic heterocycles. The van der Waals surface area contributed by atoms with E-state index in [1.807, 2.05) is 17.0 Å². The average molecular weight is 420 g/mol. The predicted molar refractivity (Wildman–Crippen MR) is 115 cm³/mol. The molecule has 1 amide bonds. The quantitative estimate of drug-likeness (QED) is 0.750. The van der Waals surface area contributed by atoms with Gasteiger partial charge in [0.15, 0.2) is 0 Å². The normalized spacial score (nSPS) is 21.9. The van der Waals surface area contributed by atoms with Crippen molar-refractivity contribution in [2.75, 3.05) is 44.2 Å². The second kappa shape index (κ2) is 9.04. The molecule has 7 heteroatoms. The maximum Gasteiger partial charge on any atom is 0.253 e. The summed E-state index contributed by atoms with van der Waals surface area (Å²) in [5, 5.41) is 0. The Kier molecular flexibility index (Phi) is 6.44. The van der Waals surface area contributed by atoms with Gasteiger partial charge in [-0.3, -0.25) is 4.79 Å². The third kappa shape index (κ3) is 4.45. The first kappa shape index (κ1) is 20.7. The number of carbonyl (C=O) groups excluding carboxylic acids is 1. The van der Waals surface area contributed by atoms with E-state index >= 15 is 0 Å². The Morgan fingerprint density at radius 1 is 0.724 bits per heavy atom. The van der Waals surface area contributed by atoms with E-state index in [-0.39, 0.29) is 5.91 Å². The highest BCUT2D eigenvalue weighted by Gasteiger charge is 2.31. The van der Waals surface area contributed by atoms with Crippen molar-refractivity contribution >= 4 is 21.6 Å². The molecule has 0 unspecified atom stereocenters. The molecule has 0 radical (unpaired) electrons. The summed E-state index contributed by atoms with van der Waals surface area (Å²) in [6.45, 7) is 4.43. The molecule has 0 spiro atoms. The summed E-state index contributed by atoms with van der Waals surface area (Å²) in [5.41, 5.74) is 1.27. The molecule has 3 aliphatic rings. The van der Waals surface area contributed by atoms with E-state index in [9.17, 15) is 13.2 Å². The van der Waals surface area contributed by atoms with Crippen molar-refractivity contribution in [1.29, 1.82) is 0 Å². The van der Waals surface area contributed by atoms with Crippen LogP contribution in [0.3, 0.4) is 0 Å². The van der Waals surface area contributed by atoms with Gasteiger partial charge >= 0.3 is 0 Å². The first-order valence-electron chi connectivity index (χ1n) is 11.3. The smallest absolute Gasteiger partial charge is 0.253 e. The molecule has 0 atom stereocenters. The van der Waals surface area contributed by atoms with Gasteiger partial charge in [-0.25, -0.2) is 8.42 Å². The number of hydrogen-bond acceptors (Lipinski definition) is 4. The topological polar surface area (TPSA) is 60.9 Å². The van der Waals surface area contributed by atoms with E-state index < -0.39 is 10.0 Å². The first-order chi connectivity index (χ1) is 14.1. The molecule has 160 valence electrons. The summed E-state index contributed by atoms with van der Waals surface area (Å²) in [7, 11) is -3.61. The van der Waals surface area contributed by atoms with Gasteiger partial charge < -0.3 is 9.80 Å². The lowest BCUT2D eigenvalue weighted by Gasteiger charge is -2.33. The van der Waals surface area contributed by atoms with Gasteiger partial charge in [-0.05, 0) is 69.6 Å². The van der Waals surface area contributed by atoms with Crippen LogP contribution in [0.2, 0.25) is 0 Å². The molecule has 0 aliphatic carbocycles. The summed E-state index contributed by atoms with van der Waals surface area (Å²) in [4.78, 5) is 17.4. The first-order valence-corrected chi connectivity index (χ1v) is 12.7. The molecular formula is C22H33N3O3S. The number of anilines is 1. The molecule has 3 fully saturated rings. The Morgan fingerprint density at radius 2 is 1.28 bits per heavy atom. The van der Waals surface area contributed by atoms with Crippen molar-refractivity contribution in [2.24, 2.45) is 0 Å². The maximum absolute atomic E-state index is 13.6. The number of likely N-dealkylation sites (tertiary alicyclic amines) is 1. The van der Waals surface area contributed by atoms with Crippen molar-refractivity contribution in [3.63, 3.8) is 0 Å². The van der Waals surface area contributed by atoms with Crippen LogP contribution in [-0.2, 0) is 10.0 Å². The monoisotopic (exact) mass is 419 g/mol. The molecule has 0 saturated carbocycles. The van der Waals surface area contributed by atoms with E-state index in [0.717, 1.165) is 83.2 Å². The van der Waals surface area contributed by atoms with Crippen molar-refractivity contribution in [1.82, 2.24) is 9.21 Å². The van der Waals surface area contributed by atoms with Crippen LogP contribution in [0, 0.1) is 0 Å². The molecule has 6 nitrogen and oxygen atoms in total. The minimum Gasteiger partial charge on any atom is -0.370 e. The zero-order valence-corrected chi connectivity index (χ0v) is 18.1. The Morgan fingerprint density at radius 3 is 1.90 bits per heavy atom. The lowest BCUT2D eigenvalue weighted by molar-refractivity contribution is 0.0724. The molecule has 1 aromatic rings. The number of rotatable bonds is 4. The van der Waals surface area contributed by atoms with Crippen LogP contribution < -0.4 is 4.90 Å². The average Bonchev–Trinajstić information content (AvgIpc) is 2.80. The van der Waals surface area contributed by atoms with E-state index in [0.29, 0.717) is 23.5 Å². The van der Waals surface area contributed by atoms with Gasteiger partial charge in [0.25, 0.3) is 5.91 Å². The van der Waals surface area contributed by atoms with Crippen molar-refractivity contribution in [3.8, 4) is 0 Å². The largest absolute Gasteiger partial charge is 0.370 e. The fourth-order valence-corrected chi connectivity index (χ4v) is 6.53. The zero-order chi connectivity index (χ0) is 20.3. The summed E-state index contributed by atoms with van der Waals surface area (Å²) in [6.07, 6.45) is 9.46. The van der Waals surface area contributed by atoms with Crippen LogP contribution in [0.15, 0.2) is 23.1 Å². The summed E-state index contributed by atoms with van der Waals surface area (Å²) < 4.78 is 28.8. The van der Waals surface area contributed by atoms with Crippen LogP contribution in [0.4, 0.5) is 5.69 Å². The Bertz CT molecular complexity index is 822. The fraction of sp³-hybridized carbons (Fsp3) is 0.682. The van der Waals surface area contributed by atoms with Crippen molar-refractivity contribution < 1.29 is 13.2 Å². The molecule has 0 aromatic heterocycles. The zero-order valence-electron chi connectivity index (χ0n) is 17.3. The molecule has 0 N–H and O–H groups in total. The van der Waals surface area contributed by atoms with Gasteiger partial charge in [-0.15, -0.1) is 0 Å².